The number of rotatable bonds is 8. The van der Waals surface area contributed by atoms with E-state index in [1.54, 1.807) is 12.1 Å². The summed E-state index contributed by atoms with van der Waals surface area (Å²) in [5, 5.41) is 3.19. The summed E-state index contributed by atoms with van der Waals surface area (Å²) >= 11 is 0.791. The van der Waals surface area contributed by atoms with E-state index in [2.05, 4.69) is 9.69 Å². The van der Waals surface area contributed by atoms with Crippen LogP contribution in [0.1, 0.15) is 75.0 Å². The minimum absolute atomic E-state index is 0.0385. The van der Waals surface area contributed by atoms with Gasteiger partial charge in [-0.3, -0.25) is 14.4 Å². The molecule has 5 rings (SSSR count). The maximum Gasteiger partial charge on any atom is 0.270 e. The van der Waals surface area contributed by atoms with Crippen molar-refractivity contribution in [3.8, 4) is 11.5 Å². The number of aromatic nitrogens is 1. The lowest BCUT2D eigenvalue weighted by atomic mass is 9.94. The third kappa shape index (κ3) is 5.68. The molecule has 2 aliphatic rings. The van der Waals surface area contributed by atoms with Crippen LogP contribution < -0.4 is 26.3 Å². The molecule has 2 heterocycles. The minimum Gasteiger partial charge on any atom is -0.454 e. The molecular weight excluding hydrogens is 518 g/mol. The lowest BCUT2D eigenvalue weighted by Gasteiger charge is -2.33. The van der Waals surface area contributed by atoms with Gasteiger partial charge in [0.05, 0.1) is 5.69 Å². The Bertz CT molecular complexity index is 1380. The van der Waals surface area contributed by atoms with Crippen LogP contribution in [0.2, 0.25) is 0 Å². The highest BCUT2D eigenvalue weighted by Gasteiger charge is 2.36. The van der Waals surface area contributed by atoms with Crippen LogP contribution in [0.25, 0.3) is 0 Å². The molecule has 10 nitrogen and oxygen atoms in total. The summed E-state index contributed by atoms with van der Waals surface area (Å²) in [4.78, 5) is 41.5. The summed E-state index contributed by atoms with van der Waals surface area (Å²) in [6.45, 7) is 2.14. The molecule has 0 bridgehead atoms. The van der Waals surface area contributed by atoms with E-state index in [4.69, 9.17) is 20.9 Å². The molecule has 3 amide bonds. The number of carbonyl (C=O) groups is 3. The molecule has 1 aliphatic carbocycles. The van der Waals surface area contributed by atoms with Crippen molar-refractivity contribution >= 4 is 34.9 Å². The van der Waals surface area contributed by atoms with Crippen molar-refractivity contribution < 1.29 is 23.9 Å². The van der Waals surface area contributed by atoms with E-state index in [1.165, 1.54) is 4.90 Å². The molecule has 3 aromatic rings. The van der Waals surface area contributed by atoms with Crippen LogP contribution in [0, 0.1) is 6.92 Å². The topological polar surface area (TPSA) is 150 Å². The first kappa shape index (κ1) is 26.5. The van der Waals surface area contributed by atoms with E-state index < -0.39 is 17.9 Å². The fraction of sp³-hybridized carbons (Fsp3) is 0.357. The molecule has 1 saturated carbocycles. The van der Waals surface area contributed by atoms with Crippen molar-refractivity contribution in [3.05, 3.63) is 69.7 Å². The van der Waals surface area contributed by atoms with Crippen molar-refractivity contribution in [3.63, 3.8) is 0 Å². The molecule has 11 heteroatoms. The maximum atomic E-state index is 14.1. The van der Waals surface area contributed by atoms with Gasteiger partial charge >= 0.3 is 0 Å². The fourth-order valence-electron chi connectivity index (χ4n) is 5.02. The molecule has 0 radical (unpaired) electrons. The van der Waals surface area contributed by atoms with E-state index in [0.717, 1.165) is 54.8 Å². The lowest BCUT2D eigenvalue weighted by Crippen LogP contribution is -2.46. The summed E-state index contributed by atoms with van der Waals surface area (Å²) < 4.78 is 15.0. The number of hydrogen-bond donors (Lipinski definition) is 3. The first-order valence-corrected chi connectivity index (χ1v) is 13.7. The first-order chi connectivity index (χ1) is 18.8. The second-order valence-electron chi connectivity index (χ2n) is 9.92. The van der Waals surface area contributed by atoms with Crippen molar-refractivity contribution in [1.82, 2.24) is 14.6 Å². The van der Waals surface area contributed by atoms with Gasteiger partial charge < -0.3 is 31.2 Å². The third-order valence-corrected chi connectivity index (χ3v) is 7.96. The Hall–Kier alpha value is -4.12. The Morgan fingerprint density at radius 3 is 2.49 bits per heavy atom. The molecule has 1 fully saturated rings. The molecule has 2 aromatic carbocycles. The molecule has 1 aliphatic heterocycles. The van der Waals surface area contributed by atoms with Crippen molar-refractivity contribution in [2.75, 3.05) is 12.5 Å². The predicted molar refractivity (Wildman–Crippen MR) is 146 cm³/mol. The number of benzene rings is 2. The van der Waals surface area contributed by atoms with Gasteiger partial charge in [-0.2, -0.15) is 4.37 Å². The highest BCUT2D eigenvalue weighted by Crippen LogP contribution is 2.35. The van der Waals surface area contributed by atoms with E-state index in [9.17, 15) is 14.4 Å². The predicted octanol–water partition coefficient (Wildman–Crippen LogP) is 3.69. The maximum absolute atomic E-state index is 14.1. The van der Waals surface area contributed by atoms with Crippen LogP contribution in [0.15, 0.2) is 42.5 Å². The van der Waals surface area contributed by atoms with Crippen LogP contribution in [0.4, 0.5) is 5.69 Å². The van der Waals surface area contributed by atoms with Gasteiger partial charge in [-0.25, -0.2) is 0 Å². The summed E-state index contributed by atoms with van der Waals surface area (Å²) in [5.41, 5.74) is 13.7. The first-order valence-electron chi connectivity index (χ1n) is 12.9. The second kappa shape index (κ2) is 11.3. The SMILES string of the molecule is Cc1ccc(C(C(=O)NC2CCCCC2)N(Cc2ccc3c(c2)OCO3)C(=O)c2snc(C(N)=O)c2N)cc1. The summed E-state index contributed by atoms with van der Waals surface area (Å²) in [6, 6.07) is 12.0. The quantitative estimate of drug-likeness (QED) is 0.388. The number of hydrogen-bond acceptors (Lipinski definition) is 8. The van der Waals surface area contributed by atoms with Crippen LogP contribution in [-0.4, -0.2) is 39.8 Å². The van der Waals surface area contributed by atoms with Gasteiger partial charge in [-0.1, -0.05) is 55.2 Å². The van der Waals surface area contributed by atoms with Crippen LogP contribution >= 0.6 is 11.5 Å². The minimum atomic E-state index is -0.969. The largest absolute Gasteiger partial charge is 0.454 e. The van der Waals surface area contributed by atoms with Gasteiger partial charge in [0.2, 0.25) is 12.7 Å². The number of ether oxygens (including phenoxy) is 2. The van der Waals surface area contributed by atoms with Crippen molar-refractivity contribution in [2.24, 2.45) is 5.73 Å². The van der Waals surface area contributed by atoms with Crippen LogP contribution in [-0.2, 0) is 11.3 Å². The Kier molecular flexibility index (Phi) is 7.69. The van der Waals surface area contributed by atoms with Gasteiger partial charge in [-0.15, -0.1) is 0 Å². The van der Waals surface area contributed by atoms with E-state index in [-0.39, 0.29) is 41.5 Å². The van der Waals surface area contributed by atoms with Gasteiger partial charge in [0, 0.05) is 12.6 Å². The van der Waals surface area contributed by atoms with Gasteiger partial charge in [-0.05, 0) is 54.6 Å². The highest BCUT2D eigenvalue weighted by atomic mass is 32.1. The number of nitrogens with two attached hydrogens (primary N) is 2. The number of fused-ring (bicyclic) bond motifs is 1. The Morgan fingerprint density at radius 1 is 1.08 bits per heavy atom. The molecule has 0 spiro atoms. The van der Waals surface area contributed by atoms with Gasteiger partial charge in [0.1, 0.15) is 10.9 Å². The van der Waals surface area contributed by atoms with Crippen LogP contribution in [0.3, 0.4) is 0 Å². The number of carbonyl (C=O) groups excluding carboxylic acids is 3. The Labute approximate surface area is 230 Å². The van der Waals surface area contributed by atoms with Crippen LogP contribution in [0.5, 0.6) is 11.5 Å². The molecule has 5 N–H and O–H groups in total. The van der Waals surface area contributed by atoms with Crippen molar-refractivity contribution in [2.45, 2.75) is 57.7 Å². The molecule has 0 saturated heterocycles. The highest BCUT2D eigenvalue weighted by molar-refractivity contribution is 7.09. The summed E-state index contributed by atoms with van der Waals surface area (Å²) in [7, 11) is 0. The zero-order valence-electron chi connectivity index (χ0n) is 21.6. The Morgan fingerprint density at radius 2 is 1.79 bits per heavy atom. The standard InChI is InChI=1S/C28H31N5O5S/c1-16-7-10-18(11-8-16)24(27(35)31-19-5-3-2-4-6-19)33(14-17-9-12-20-21(13-17)38-15-37-20)28(36)25-22(29)23(26(30)34)32-39-25/h7-13,19,24H,2-6,14-15,29H2,1H3,(H2,30,34)(H,31,35). The molecule has 1 unspecified atom stereocenters. The zero-order valence-corrected chi connectivity index (χ0v) is 22.5. The monoisotopic (exact) mass is 549 g/mol. The number of nitrogens with zero attached hydrogens (tertiary/aromatic N) is 2. The lowest BCUT2D eigenvalue weighted by molar-refractivity contribution is -0.127. The van der Waals surface area contributed by atoms with Crippen molar-refractivity contribution in [1.29, 1.82) is 0 Å². The van der Waals surface area contributed by atoms with E-state index >= 15 is 0 Å². The number of primary amides is 1. The molecule has 39 heavy (non-hydrogen) atoms. The molecule has 204 valence electrons. The number of anilines is 1. The zero-order chi connectivity index (χ0) is 27.5. The average molecular weight is 550 g/mol. The second-order valence-corrected chi connectivity index (χ2v) is 10.7. The molecule has 1 aromatic heterocycles. The number of nitrogens with one attached hydrogen (secondary N) is 1. The van der Waals surface area contributed by atoms with Gasteiger partial charge in [0.25, 0.3) is 11.8 Å². The normalized spacial score (nSPS) is 15.5. The fourth-order valence-corrected chi connectivity index (χ4v) is 5.79. The number of aryl methyl sites for hydroxylation is 1. The molecular formula is C28H31N5O5S. The van der Waals surface area contributed by atoms with E-state index in [1.807, 2.05) is 37.3 Å². The smallest absolute Gasteiger partial charge is 0.270 e. The average Bonchev–Trinajstić information content (AvgIpc) is 3.55. The Balaban J connectivity index is 1.57. The number of nitrogen functional groups attached to an aromatic ring is 1. The third-order valence-electron chi connectivity index (χ3n) is 7.11. The summed E-state index contributed by atoms with van der Waals surface area (Å²) in [5.74, 6) is -0.459. The molecule has 1 atom stereocenters. The van der Waals surface area contributed by atoms with Gasteiger partial charge in [0.15, 0.2) is 17.2 Å². The summed E-state index contributed by atoms with van der Waals surface area (Å²) in [6.07, 6.45) is 5.04. The number of amides is 3. The van der Waals surface area contributed by atoms with E-state index in [0.29, 0.717) is 17.1 Å².